The van der Waals surface area contributed by atoms with Crippen LogP contribution < -0.4 is 14.8 Å². The van der Waals surface area contributed by atoms with Crippen LogP contribution in [0.4, 0.5) is 0 Å². The Bertz CT molecular complexity index is 770. The molecule has 132 valence electrons. The molecule has 1 heterocycles. The average Bonchev–Trinajstić information content (AvgIpc) is 2.59. The number of aryl methyl sites for hydroxylation is 3. The van der Waals surface area contributed by atoms with Crippen LogP contribution in [-0.4, -0.2) is 19.1 Å². The summed E-state index contributed by atoms with van der Waals surface area (Å²) in [4.78, 5) is 12.3. The second kappa shape index (κ2) is 7.60. The molecule has 25 heavy (non-hydrogen) atoms. The van der Waals surface area contributed by atoms with Gasteiger partial charge in [0.15, 0.2) is 11.5 Å². The smallest absolute Gasteiger partial charge is 0.220 e. The van der Waals surface area contributed by atoms with Gasteiger partial charge in [-0.15, -0.1) is 0 Å². The number of rotatable bonds is 5. The Morgan fingerprint density at radius 1 is 1.08 bits per heavy atom. The van der Waals surface area contributed by atoms with Gasteiger partial charge in [0, 0.05) is 6.42 Å². The number of benzene rings is 2. The van der Waals surface area contributed by atoms with Crippen LogP contribution in [0.1, 0.15) is 41.6 Å². The van der Waals surface area contributed by atoms with E-state index in [0.29, 0.717) is 26.1 Å². The van der Waals surface area contributed by atoms with Crippen molar-refractivity contribution >= 4 is 5.91 Å². The summed E-state index contributed by atoms with van der Waals surface area (Å²) in [5.41, 5.74) is 4.69. The minimum Gasteiger partial charge on any atom is -0.486 e. The van der Waals surface area contributed by atoms with Crippen LogP contribution in [0.3, 0.4) is 0 Å². The highest BCUT2D eigenvalue weighted by molar-refractivity contribution is 5.76. The van der Waals surface area contributed by atoms with Gasteiger partial charge in [-0.3, -0.25) is 4.79 Å². The van der Waals surface area contributed by atoms with E-state index in [1.165, 1.54) is 16.7 Å². The highest BCUT2D eigenvalue weighted by atomic mass is 16.6. The molecule has 0 aromatic heterocycles. The highest BCUT2D eigenvalue weighted by Gasteiger charge is 2.14. The van der Waals surface area contributed by atoms with Crippen molar-refractivity contribution in [2.45, 2.75) is 39.7 Å². The molecule has 0 unspecified atom stereocenters. The Kier molecular flexibility index (Phi) is 5.27. The summed E-state index contributed by atoms with van der Waals surface area (Å²) in [6.45, 7) is 7.35. The average molecular weight is 339 g/mol. The minimum absolute atomic E-state index is 0.00775. The molecule has 1 N–H and O–H groups in total. The first-order valence-electron chi connectivity index (χ1n) is 8.78. The predicted molar refractivity (Wildman–Crippen MR) is 98.2 cm³/mol. The van der Waals surface area contributed by atoms with Crippen LogP contribution in [0.25, 0.3) is 0 Å². The summed E-state index contributed by atoms with van der Waals surface area (Å²) in [7, 11) is 0. The number of amides is 1. The molecule has 0 saturated carbocycles. The predicted octanol–water partition coefficient (Wildman–Crippen LogP) is 3.88. The van der Waals surface area contributed by atoms with Crippen LogP contribution >= 0.6 is 0 Å². The van der Waals surface area contributed by atoms with E-state index >= 15 is 0 Å². The molecule has 1 amide bonds. The zero-order valence-corrected chi connectivity index (χ0v) is 15.1. The molecular formula is C21H25NO3. The lowest BCUT2D eigenvalue weighted by Crippen LogP contribution is -2.27. The molecule has 4 nitrogen and oxygen atoms in total. The molecule has 2 aromatic rings. The Hall–Kier alpha value is -2.49. The van der Waals surface area contributed by atoms with Gasteiger partial charge in [0.05, 0.1) is 6.04 Å². The maximum atomic E-state index is 12.3. The summed E-state index contributed by atoms with van der Waals surface area (Å²) in [5, 5.41) is 3.09. The van der Waals surface area contributed by atoms with Gasteiger partial charge in [-0.2, -0.15) is 0 Å². The normalized spacial score (nSPS) is 14.0. The molecule has 2 aromatic carbocycles. The van der Waals surface area contributed by atoms with Crippen molar-refractivity contribution in [1.82, 2.24) is 5.32 Å². The number of carbonyl (C=O) groups is 1. The molecule has 1 aliphatic rings. The molecule has 0 bridgehead atoms. The highest BCUT2D eigenvalue weighted by Crippen LogP contribution is 2.31. The van der Waals surface area contributed by atoms with Crippen LogP contribution in [0.15, 0.2) is 36.4 Å². The quantitative estimate of drug-likeness (QED) is 0.899. The summed E-state index contributed by atoms with van der Waals surface area (Å²) in [5.74, 6) is 1.61. The largest absolute Gasteiger partial charge is 0.486 e. The standard InChI is InChI=1S/C21H25NO3/c1-14-4-7-18(15(2)12-14)16(3)22-21(23)9-6-17-5-8-19-20(13-17)25-11-10-24-19/h4-5,7-8,12-13,16H,6,9-11H2,1-3H3,(H,22,23)/t16-/m1/s1. The molecular weight excluding hydrogens is 314 g/mol. The maximum absolute atomic E-state index is 12.3. The van der Waals surface area contributed by atoms with E-state index in [1.54, 1.807) is 0 Å². The summed E-state index contributed by atoms with van der Waals surface area (Å²) in [6.07, 6.45) is 1.14. The summed E-state index contributed by atoms with van der Waals surface area (Å²) in [6, 6.07) is 12.2. The molecule has 0 fully saturated rings. The lowest BCUT2D eigenvalue weighted by atomic mass is 10.00. The van der Waals surface area contributed by atoms with E-state index < -0.39 is 0 Å². The van der Waals surface area contributed by atoms with Gasteiger partial charge in [0.1, 0.15) is 13.2 Å². The third-order valence-electron chi connectivity index (χ3n) is 4.52. The SMILES string of the molecule is Cc1ccc([C@@H](C)NC(=O)CCc2ccc3c(c2)OCCO3)c(C)c1. The first-order chi connectivity index (χ1) is 12.0. The van der Waals surface area contributed by atoms with Gasteiger partial charge in [-0.25, -0.2) is 0 Å². The molecule has 0 saturated heterocycles. The van der Waals surface area contributed by atoms with Gasteiger partial charge in [-0.1, -0.05) is 29.8 Å². The minimum atomic E-state index is 0.00775. The van der Waals surface area contributed by atoms with Gasteiger partial charge >= 0.3 is 0 Å². The molecule has 0 spiro atoms. The molecule has 1 atom stereocenters. The van der Waals surface area contributed by atoms with Crippen LogP contribution in [0.5, 0.6) is 11.5 Å². The second-order valence-electron chi connectivity index (χ2n) is 6.63. The Morgan fingerprint density at radius 2 is 1.84 bits per heavy atom. The Balaban J connectivity index is 1.55. The van der Waals surface area contributed by atoms with E-state index in [9.17, 15) is 4.79 Å². The number of carbonyl (C=O) groups excluding carboxylic acids is 1. The van der Waals surface area contributed by atoms with Crippen molar-refractivity contribution in [2.75, 3.05) is 13.2 Å². The number of hydrogen-bond acceptors (Lipinski definition) is 3. The van der Waals surface area contributed by atoms with Crippen LogP contribution in [0.2, 0.25) is 0 Å². The zero-order valence-electron chi connectivity index (χ0n) is 15.1. The van der Waals surface area contributed by atoms with E-state index in [0.717, 1.165) is 17.1 Å². The molecule has 1 aliphatic heterocycles. The van der Waals surface area contributed by atoms with Crippen LogP contribution in [-0.2, 0) is 11.2 Å². The molecule has 4 heteroatoms. The van der Waals surface area contributed by atoms with E-state index in [-0.39, 0.29) is 11.9 Å². The lowest BCUT2D eigenvalue weighted by Gasteiger charge is -2.19. The zero-order chi connectivity index (χ0) is 17.8. The third-order valence-corrected chi connectivity index (χ3v) is 4.52. The first kappa shape index (κ1) is 17.3. The number of hydrogen-bond donors (Lipinski definition) is 1. The van der Waals surface area contributed by atoms with Crippen molar-refractivity contribution in [2.24, 2.45) is 0 Å². The fraction of sp³-hybridized carbons (Fsp3) is 0.381. The molecule has 0 radical (unpaired) electrons. The van der Waals surface area contributed by atoms with Crippen molar-refractivity contribution in [3.05, 3.63) is 58.7 Å². The monoisotopic (exact) mass is 339 g/mol. The first-order valence-corrected chi connectivity index (χ1v) is 8.78. The molecule has 3 rings (SSSR count). The number of nitrogens with one attached hydrogen (secondary N) is 1. The van der Waals surface area contributed by atoms with Gasteiger partial charge in [0.2, 0.25) is 5.91 Å². The summed E-state index contributed by atoms with van der Waals surface area (Å²) >= 11 is 0. The van der Waals surface area contributed by atoms with E-state index in [1.807, 2.05) is 25.1 Å². The Morgan fingerprint density at radius 3 is 2.60 bits per heavy atom. The second-order valence-corrected chi connectivity index (χ2v) is 6.63. The van der Waals surface area contributed by atoms with E-state index in [2.05, 4.69) is 37.4 Å². The van der Waals surface area contributed by atoms with Crippen molar-refractivity contribution in [3.63, 3.8) is 0 Å². The fourth-order valence-corrected chi connectivity index (χ4v) is 3.20. The van der Waals surface area contributed by atoms with Crippen LogP contribution in [0, 0.1) is 13.8 Å². The number of ether oxygens (including phenoxy) is 2. The lowest BCUT2D eigenvalue weighted by molar-refractivity contribution is -0.121. The third kappa shape index (κ3) is 4.32. The van der Waals surface area contributed by atoms with Gasteiger partial charge < -0.3 is 14.8 Å². The van der Waals surface area contributed by atoms with Crippen molar-refractivity contribution in [3.8, 4) is 11.5 Å². The summed E-state index contributed by atoms with van der Waals surface area (Å²) < 4.78 is 11.1. The Labute approximate surface area is 149 Å². The van der Waals surface area contributed by atoms with Gasteiger partial charge in [0.25, 0.3) is 0 Å². The molecule has 0 aliphatic carbocycles. The van der Waals surface area contributed by atoms with Crippen molar-refractivity contribution < 1.29 is 14.3 Å². The van der Waals surface area contributed by atoms with Gasteiger partial charge in [-0.05, 0) is 56.0 Å². The van der Waals surface area contributed by atoms with E-state index in [4.69, 9.17) is 9.47 Å². The maximum Gasteiger partial charge on any atom is 0.220 e. The topological polar surface area (TPSA) is 47.6 Å². The fourth-order valence-electron chi connectivity index (χ4n) is 3.20. The number of fused-ring (bicyclic) bond motifs is 1. The van der Waals surface area contributed by atoms with Crippen molar-refractivity contribution in [1.29, 1.82) is 0 Å².